The van der Waals surface area contributed by atoms with E-state index in [1.165, 1.54) is 0 Å². The maximum absolute atomic E-state index is 11.9. The van der Waals surface area contributed by atoms with E-state index in [0.717, 1.165) is 12.0 Å². The number of benzene rings is 1. The molecule has 0 atom stereocenters. The van der Waals surface area contributed by atoms with Gasteiger partial charge in [-0.2, -0.15) is 0 Å². The van der Waals surface area contributed by atoms with E-state index < -0.39 is 0 Å². The van der Waals surface area contributed by atoms with Gasteiger partial charge in [-0.3, -0.25) is 9.59 Å². The van der Waals surface area contributed by atoms with Crippen LogP contribution in [0.3, 0.4) is 0 Å². The Hall–Kier alpha value is -1.64. The molecule has 1 N–H and O–H groups in total. The largest absolute Gasteiger partial charge is 0.352 e. The van der Waals surface area contributed by atoms with Crippen LogP contribution in [0.5, 0.6) is 0 Å². The van der Waals surface area contributed by atoms with Gasteiger partial charge in [-0.05, 0) is 24.0 Å². The lowest BCUT2D eigenvalue weighted by Crippen LogP contribution is -2.23. The SMILES string of the molecule is CC(C)CCC(=O)NCc1cccc(C(=O)C(C)C)c1. The van der Waals surface area contributed by atoms with E-state index in [1.54, 1.807) is 0 Å². The lowest BCUT2D eigenvalue weighted by atomic mass is 9.99. The fourth-order valence-electron chi connectivity index (χ4n) is 1.88. The van der Waals surface area contributed by atoms with Gasteiger partial charge in [0, 0.05) is 24.4 Å². The van der Waals surface area contributed by atoms with Gasteiger partial charge in [0.2, 0.25) is 5.91 Å². The molecular weight excluding hydrogens is 250 g/mol. The molecule has 1 amide bonds. The molecule has 0 radical (unpaired) electrons. The zero-order valence-electron chi connectivity index (χ0n) is 12.9. The first-order chi connectivity index (χ1) is 9.40. The van der Waals surface area contributed by atoms with E-state index in [2.05, 4.69) is 19.2 Å². The molecule has 1 rings (SSSR count). The molecule has 1 aromatic rings. The van der Waals surface area contributed by atoms with Gasteiger partial charge in [-0.25, -0.2) is 0 Å². The number of amides is 1. The standard InChI is InChI=1S/C17H25NO2/c1-12(2)8-9-16(19)18-11-14-6-5-7-15(10-14)17(20)13(3)4/h5-7,10,12-13H,8-9,11H2,1-4H3,(H,18,19). The van der Waals surface area contributed by atoms with E-state index in [4.69, 9.17) is 0 Å². The molecule has 0 aliphatic rings. The molecule has 0 unspecified atom stereocenters. The van der Waals surface area contributed by atoms with Gasteiger partial charge in [0.15, 0.2) is 5.78 Å². The zero-order valence-corrected chi connectivity index (χ0v) is 12.9. The number of carbonyl (C=O) groups is 2. The number of Topliss-reactive ketones (excluding diaryl/α,β-unsaturated/α-hetero) is 1. The molecule has 3 heteroatoms. The summed E-state index contributed by atoms with van der Waals surface area (Å²) in [6.45, 7) is 8.48. The van der Waals surface area contributed by atoms with Gasteiger partial charge < -0.3 is 5.32 Å². The molecule has 0 aliphatic heterocycles. The van der Waals surface area contributed by atoms with Crippen LogP contribution in [0.4, 0.5) is 0 Å². The zero-order chi connectivity index (χ0) is 15.1. The van der Waals surface area contributed by atoms with Gasteiger partial charge in [0.25, 0.3) is 0 Å². The molecule has 0 saturated heterocycles. The Morgan fingerprint density at radius 3 is 2.45 bits per heavy atom. The first-order valence-corrected chi connectivity index (χ1v) is 7.30. The number of rotatable bonds is 7. The Balaban J connectivity index is 2.54. The number of ketones is 1. The molecule has 0 bridgehead atoms. The third kappa shape index (κ3) is 5.55. The Bertz CT molecular complexity index is 464. The van der Waals surface area contributed by atoms with Crippen LogP contribution in [0.2, 0.25) is 0 Å². The van der Waals surface area contributed by atoms with E-state index in [9.17, 15) is 9.59 Å². The first-order valence-electron chi connectivity index (χ1n) is 7.30. The second kappa shape index (κ2) is 7.83. The normalized spacial score (nSPS) is 10.9. The third-order valence-electron chi connectivity index (χ3n) is 3.17. The summed E-state index contributed by atoms with van der Waals surface area (Å²) in [7, 11) is 0. The number of carbonyl (C=O) groups excluding carboxylic acids is 2. The Morgan fingerprint density at radius 1 is 1.15 bits per heavy atom. The minimum atomic E-state index is -0.00844. The minimum Gasteiger partial charge on any atom is -0.352 e. The highest BCUT2D eigenvalue weighted by atomic mass is 16.1. The van der Waals surface area contributed by atoms with Crippen molar-refractivity contribution < 1.29 is 9.59 Å². The van der Waals surface area contributed by atoms with Crippen LogP contribution < -0.4 is 5.32 Å². The fraction of sp³-hybridized carbons (Fsp3) is 0.529. The van der Waals surface area contributed by atoms with Crippen molar-refractivity contribution in [1.82, 2.24) is 5.32 Å². The Kier molecular flexibility index (Phi) is 6.43. The Labute approximate surface area is 121 Å². The van der Waals surface area contributed by atoms with Gasteiger partial charge in [-0.1, -0.05) is 45.9 Å². The molecule has 0 fully saturated rings. The van der Waals surface area contributed by atoms with Crippen LogP contribution in [0.25, 0.3) is 0 Å². The summed E-state index contributed by atoms with van der Waals surface area (Å²) >= 11 is 0. The van der Waals surface area contributed by atoms with E-state index in [-0.39, 0.29) is 17.6 Å². The number of hydrogen-bond donors (Lipinski definition) is 1. The molecule has 0 heterocycles. The summed E-state index contributed by atoms with van der Waals surface area (Å²) in [6, 6.07) is 7.49. The maximum atomic E-state index is 11.9. The lowest BCUT2D eigenvalue weighted by Gasteiger charge is -2.09. The average molecular weight is 275 g/mol. The molecule has 0 saturated carbocycles. The summed E-state index contributed by atoms with van der Waals surface area (Å²) < 4.78 is 0. The van der Waals surface area contributed by atoms with Gasteiger partial charge in [0.1, 0.15) is 0 Å². The monoisotopic (exact) mass is 275 g/mol. The summed E-state index contributed by atoms with van der Waals surface area (Å²) in [4.78, 5) is 23.6. The molecule has 110 valence electrons. The van der Waals surface area contributed by atoms with Crippen LogP contribution in [0.1, 0.15) is 56.5 Å². The summed E-state index contributed by atoms with van der Waals surface area (Å²) in [6.07, 6.45) is 1.46. The van der Waals surface area contributed by atoms with Gasteiger partial charge in [0.05, 0.1) is 0 Å². The molecule has 0 aliphatic carbocycles. The predicted octanol–water partition coefficient (Wildman–Crippen LogP) is 3.58. The Morgan fingerprint density at radius 2 is 1.85 bits per heavy atom. The fourth-order valence-corrected chi connectivity index (χ4v) is 1.88. The highest BCUT2D eigenvalue weighted by Gasteiger charge is 2.10. The quantitative estimate of drug-likeness (QED) is 0.773. The highest BCUT2D eigenvalue weighted by Crippen LogP contribution is 2.11. The average Bonchev–Trinajstić information content (AvgIpc) is 2.42. The van der Waals surface area contributed by atoms with Crippen LogP contribution in [0.15, 0.2) is 24.3 Å². The minimum absolute atomic E-state index is 0.00844. The number of hydrogen-bond acceptors (Lipinski definition) is 2. The third-order valence-corrected chi connectivity index (χ3v) is 3.17. The second-order valence-electron chi connectivity index (χ2n) is 5.93. The molecule has 1 aromatic carbocycles. The molecule has 3 nitrogen and oxygen atoms in total. The van der Waals surface area contributed by atoms with Crippen LogP contribution in [0, 0.1) is 11.8 Å². The lowest BCUT2D eigenvalue weighted by molar-refractivity contribution is -0.121. The first kappa shape index (κ1) is 16.4. The van der Waals surface area contributed by atoms with Crippen LogP contribution in [-0.4, -0.2) is 11.7 Å². The van der Waals surface area contributed by atoms with E-state index in [0.29, 0.717) is 24.4 Å². The summed E-state index contributed by atoms with van der Waals surface area (Å²) in [5, 5.41) is 2.90. The van der Waals surface area contributed by atoms with E-state index >= 15 is 0 Å². The van der Waals surface area contributed by atoms with E-state index in [1.807, 2.05) is 38.1 Å². The van der Waals surface area contributed by atoms with Crippen molar-refractivity contribution in [3.8, 4) is 0 Å². The maximum Gasteiger partial charge on any atom is 0.220 e. The predicted molar refractivity (Wildman–Crippen MR) is 81.5 cm³/mol. The molecular formula is C17H25NO2. The summed E-state index contributed by atoms with van der Waals surface area (Å²) in [5.41, 5.74) is 1.68. The highest BCUT2D eigenvalue weighted by molar-refractivity contribution is 5.97. The topological polar surface area (TPSA) is 46.2 Å². The van der Waals surface area contributed by atoms with Crippen molar-refractivity contribution in [2.75, 3.05) is 0 Å². The van der Waals surface area contributed by atoms with Crippen molar-refractivity contribution in [3.05, 3.63) is 35.4 Å². The molecule has 0 spiro atoms. The van der Waals surface area contributed by atoms with Crippen molar-refractivity contribution in [3.63, 3.8) is 0 Å². The second-order valence-corrected chi connectivity index (χ2v) is 5.93. The van der Waals surface area contributed by atoms with Crippen LogP contribution in [-0.2, 0) is 11.3 Å². The van der Waals surface area contributed by atoms with Crippen LogP contribution >= 0.6 is 0 Å². The summed E-state index contributed by atoms with van der Waals surface area (Å²) in [5.74, 6) is 0.732. The van der Waals surface area contributed by atoms with Crippen molar-refractivity contribution in [2.24, 2.45) is 11.8 Å². The van der Waals surface area contributed by atoms with Gasteiger partial charge in [-0.15, -0.1) is 0 Å². The molecule has 0 aromatic heterocycles. The van der Waals surface area contributed by atoms with Crippen molar-refractivity contribution >= 4 is 11.7 Å². The smallest absolute Gasteiger partial charge is 0.220 e. The van der Waals surface area contributed by atoms with Gasteiger partial charge >= 0.3 is 0 Å². The molecule has 20 heavy (non-hydrogen) atoms. The van der Waals surface area contributed by atoms with Crippen molar-refractivity contribution in [1.29, 1.82) is 0 Å². The number of nitrogens with one attached hydrogen (secondary N) is 1. The van der Waals surface area contributed by atoms with Crippen molar-refractivity contribution in [2.45, 2.75) is 47.1 Å².